The molecule has 1 amide bonds. The lowest BCUT2D eigenvalue weighted by atomic mass is 10.1. The molecule has 2 rings (SSSR count). The second kappa shape index (κ2) is 7.40. The molecule has 0 bridgehead atoms. The maximum atomic E-state index is 12.3. The van der Waals surface area contributed by atoms with Gasteiger partial charge in [0.25, 0.3) is 5.91 Å². The summed E-state index contributed by atoms with van der Waals surface area (Å²) in [4.78, 5) is 24.0. The molecule has 0 heterocycles. The highest BCUT2D eigenvalue weighted by atomic mass is 127. The predicted octanol–water partition coefficient (Wildman–Crippen LogP) is 4.03. The van der Waals surface area contributed by atoms with E-state index in [0.717, 1.165) is 9.13 Å². The molecule has 2 aromatic carbocycles. The first-order chi connectivity index (χ1) is 10.5. The van der Waals surface area contributed by atoms with E-state index >= 15 is 0 Å². The molecule has 1 N–H and O–H groups in total. The van der Waals surface area contributed by atoms with E-state index in [2.05, 4.69) is 27.9 Å². The third-order valence-electron chi connectivity index (χ3n) is 3.10. The van der Waals surface area contributed by atoms with Gasteiger partial charge < -0.3 is 10.1 Å². The topological polar surface area (TPSA) is 55.4 Å². The Morgan fingerprint density at radius 1 is 1.09 bits per heavy atom. The zero-order chi connectivity index (χ0) is 16.1. The molecule has 0 aliphatic carbocycles. The van der Waals surface area contributed by atoms with Crippen molar-refractivity contribution in [1.29, 1.82) is 0 Å². The van der Waals surface area contributed by atoms with E-state index in [0.29, 0.717) is 23.4 Å². The van der Waals surface area contributed by atoms with E-state index in [9.17, 15) is 9.59 Å². The van der Waals surface area contributed by atoms with Crippen LogP contribution in [0.2, 0.25) is 0 Å². The van der Waals surface area contributed by atoms with Crippen LogP contribution in [0, 0.1) is 10.5 Å². The molecule has 0 saturated heterocycles. The number of anilines is 1. The fourth-order valence-electron chi connectivity index (χ4n) is 1.89. The highest BCUT2D eigenvalue weighted by molar-refractivity contribution is 14.1. The minimum atomic E-state index is -0.396. The van der Waals surface area contributed by atoms with Crippen LogP contribution < -0.4 is 5.32 Å². The predicted molar refractivity (Wildman–Crippen MR) is 94.2 cm³/mol. The van der Waals surface area contributed by atoms with E-state index in [1.165, 1.54) is 0 Å². The van der Waals surface area contributed by atoms with Gasteiger partial charge in [-0.15, -0.1) is 0 Å². The normalized spacial score (nSPS) is 10.1. The van der Waals surface area contributed by atoms with Crippen LogP contribution >= 0.6 is 22.6 Å². The first-order valence-corrected chi connectivity index (χ1v) is 7.94. The second-order valence-corrected chi connectivity index (χ2v) is 5.96. The Labute approximate surface area is 143 Å². The molecule has 5 heteroatoms. The van der Waals surface area contributed by atoms with E-state index in [1.54, 1.807) is 37.3 Å². The molecule has 0 spiro atoms. The molecule has 0 unspecified atom stereocenters. The van der Waals surface area contributed by atoms with Crippen LogP contribution in [0.3, 0.4) is 0 Å². The maximum Gasteiger partial charge on any atom is 0.338 e. The summed E-state index contributed by atoms with van der Waals surface area (Å²) in [6.07, 6.45) is 0. The van der Waals surface area contributed by atoms with Crippen molar-refractivity contribution >= 4 is 40.2 Å². The second-order valence-electron chi connectivity index (χ2n) is 4.71. The van der Waals surface area contributed by atoms with Crippen LogP contribution in [0.25, 0.3) is 0 Å². The molecule has 0 radical (unpaired) electrons. The number of benzene rings is 2. The van der Waals surface area contributed by atoms with Gasteiger partial charge in [-0.05, 0) is 78.4 Å². The van der Waals surface area contributed by atoms with Gasteiger partial charge in [0.1, 0.15) is 0 Å². The number of amides is 1. The van der Waals surface area contributed by atoms with Crippen LogP contribution in [0.15, 0.2) is 42.5 Å². The highest BCUT2D eigenvalue weighted by Gasteiger charge is 2.12. The third kappa shape index (κ3) is 4.07. The standard InChI is InChI=1S/C17H16INO3/c1-3-22-17(21)13-5-4-11(2)15(10-13)19-16(20)12-6-8-14(18)9-7-12/h4-10H,3H2,1-2H3,(H,19,20). The van der Waals surface area contributed by atoms with Crippen molar-refractivity contribution in [2.45, 2.75) is 13.8 Å². The fourth-order valence-corrected chi connectivity index (χ4v) is 2.25. The summed E-state index contributed by atoms with van der Waals surface area (Å²) in [6.45, 7) is 3.95. The first-order valence-electron chi connectivity index (χ1n) is 6.86. The van der Waals surface area contributed by atoms with Gasteiger partial charge in [0, 0.05) is 14.8 Å². The van der Waals surface area contributed by atoms with Gasteiger partial charge in [-0.2, -0.15) is 0 Å². The molecule has 0 aliphatic heterocycles. The van der Waals surface area contributed by atoms with Gasteiger partial charge >= 0.3 is 5.97 Å². The lowest BCUT2D eigenvalue weighted by molar-refractivity contribution is 0.0526. The zero-order valence-electron chi connectivity index (χ0n) is 12.4. The fraction of sp³-hybridized carbons (Fsp3) is 0.176. The molecule has 0 aliphatic rings. The molecule has 114 valence electrons. The van der Waals surface area contributed by atoms with E-state index < -0.39 is 5.97 Å². The lowest BCUT2D eigenvalue weighted by Crippen LogP contribution is -2.14. The summed E-state index contributed by atoms with van der Waals surface area (Å²) < 4.78 is 6.04. The van der Waals surface area contributed by atoms with Crippen LogP contribution in [0.4, 0.5) is 5.69 Å². The van der Waals surface area contributed by atoms with Crippen molar-refractivity contribution in [2.24, 2.45) is 0 Å². The first kappa shape index (κ1) is 16.5. The molecule has 4 nitrogen and oxygen atoms in total. The molecule has 0 fully saturated rings. The van der Waals surface area contributed by atoms with Crippen molar-refractivity contribution in [3.8, 4) is 0 Å². The van der Waals surface area contributed by atoms with Gasteiger partial charge in [0.15, 0.2) is 0 Å². The number of rotatable bonds is 4. The number of carbonyl (C=O) groups is 2. The average molecular weight is 409 g/mol. The summed E-state index contributed by atoms with van der Waals surface area (Å²) in [5.41, 5.74) is 2.48. The van der Waals surface area contributed by atoms with Crippen LogP contribution in [-0.2, 0) is 4.74 Å². The largest absolute Gasteiger partial charge is 0.462 e. The lowest BCUT2D eigenvalue weighted by Gasteiger charge is -2.10. The minimum absolute atomic E-state index is 0.208. The Morgan fingerprint density at radius 2 is 1.73 bits per heavy atom. The minimum Gasteiger partial charge on any atom is -0.462 e. The van der Waals surface area contributed by atoms with E-state index in [1.807, 2.05) is 19.1 Å². The summed E-state index contributed by atoms with van der Waals surface area (Å²) in [5.74, 6) is -0.604. The number of hydrogen-bond acceptors (Lipinski definition) is 3. The summed E-state index contributed by atoms with van der Waals surface area (Å²) in [6, 6.07) is 12.4. The smallest absolute Gasteiger partial charge is 0.338 e. The number of nitrogens with one attached hydrogen (secondary N) is 1. The van der Waals surface area contributed by atoms with Gasteiger partial charge in [0.05, 0.1) is 12.2 Å². The van der Waals surface area contributed by atoms with Gasteiger partial charge in [-0.25, -0.2) is 4.79 Å². The molecular weight excluding hydrogens is 393 g/mol. The Bertz CT molecular complexity index is 696. The monoisotopic (exact) mass is 409 g/mol. The Hall–Kier alpha value is -1.89. The van der Waals surface area contributed by atoms with Crippen LogP contribution in [0.1, 0.15) is 33.2 Å². The SMILES string of the molecule is CCOC(=O)c1ccc(C)c(NC(=O)c2ccc(I)cc2)c1. The number of ether oxygens (including phenoxy) is 1. The molecule has 22 heavy (non-hydrogen) atoms. The number of hydrogen-bond donors (Lipinski definition) is 1. The van der Waals surface area contributed by atoms with Crippen LogP contribution in [-0.4, -0.2) is 18.5 Å². The van der Waals surface area contributed by atoms with Gasteiger partial charge in [0.2, 0.25) is 0 Å². The quantitative estimate of drug-likeness (QED) is 0.613. The van der Waals surface area contributed by atoms with Gasteiger partial charge in [-0.3, -0.25) is 4.79 Å². The van der Waals surface area contributed by atoms with Gasteiger partial charge in [-0.1, -0.05) is 6.07 Å². The summed E-state index contributed by atoms with van der Waals surface area (Å²) in [5, 5.41) is 2.83. The highest BCUT2D eigenvalue weighted by Crippen LogP contribution is 2.19. The molecule has 0 saturated carbocycles. The van der Waals surface area contributed by atoms with Crippen LogP contribution in [0.5, 0.6) is 0 Å². The summed E-state index contributed by atoms with van der Waals surface area (Å²) >= 11 is 2.19. The Kier molecular flexibility index (Phi) is 5.54. The Balaban J connectivity index is 2.21. The zero-order valence-corrected chi connectivity index (χ0v) is 14.5. The van der Waals surface area contributed by atoms with Crippen molar-refractivity contribution in [3.63, 3.8) is 0 Å². The van der Waals surface area contributed by atoms with E-state index in [-0.39, 0.29) is 5.91 Å². The van der Waals surface area contributed by atoms with E-state index in [4.69, 9.17) is 4.74 Å². The number of halogens is 1. The van der Waals surface area contributed by atoms with Crippen molar-refractivity contribution < 1.29 is 14.3 Å². The van der Waals surface area contributed by atoms with Crippen molar-refractivity contribution in [1.82, 2.24) is 0 Å². The molecular formula is C17H16INO3. The number of aryl methyl sites for hydroxylation is 1. The number of esters is 1. The number of carbonyl (C=O) groups excluding carboxylic acids is 2. The third-order valence-corrected chi connectivity index (χ3v) is 3.82. The average Bonchev–Trinajstić information content (AvgIpc) is 2.50. The maximum absolute atomic E-state index is 12.3. The van der Waals surface area contributed by atoms with Crippen molar-refractivity contribution in [2.75, 3.05) is 11.9 Å². The van der Waals surface area contributed by atoms with Crippen molar-refractivity contribution in [3.05, 3.63) is 62.7 Å². The molecule has 0 atom stereocenters. The molecule has 0 aromatic heterocycles. The summed E-state index contributed by atoms with van der Waals surface area (Å²) in [7, 11) is 0. The Morgan fingerprint density at radius 3 is 2.36 bits per heavy atom. The molecule has 2 aromatic rings.